The number of H-pyrrole nitrogens is 1. The van der Waals surface area contributed by atoms with Gasteiger partial charge in [-0.1, -0.05) is 0 Å². The zero-order valence-electron chi connectivity index (χ0n) is 9.66. The standard InChI is InChI=1S/C11H19N5/c1-7-13-10(12)11(14-7)15-9-6-16-4-2-8(9)3-5-16/h8-9,15H,2-6,12H2,1H3,(H,13,14). The quantitative estimate of drug-likeness (QED) is 0.691. The fourth-order valence-corrected chi connectivity index (χ4v) is 2.92. The summed E-state index contributed by atoms with van der Waals surface area (Å²) in [5, 5.41) is 3.49. The molecule has 0 amide bonds. The van der Waals surface area contributed by atoms with Gasteiger partial charge in [0, 0.05) is 12.6 Å². The third-order valence-electron chi connectivity index (χ3n) is 3.83. The first-order valence-corrected chi connectivity index (χ1v) is 6.03. The molecular formula is C11H19N5. The Hall–Kier alpha value is -1.23. The molecule has 1 atom stereocenters. The highest BCUT2D eigenvalue weighted by Gasteiger charge is 2.34. The summed E-state index contributed by atoms with van der Waals surface area (Å²) < 4.78 is 0. The van der Waals surface area contributed by atoms with E-state index in [0.29, 0.717) is 11.9 Å². The van der Waals surface area contributed by atoms with Crippen LogP contribution in [-0.2, 0) is 0 Å². The summed E-state index contributed by atoms with van der Waals surface area (Å²) in [6.07, 6.45) is 2.61. The number of imidazole rings is 1. The van der Waals surface area contributed by atoms with Crippen molar-refractivity contribution in [3.8, 4) is 0 Å². The van der Waals surface area contributed by atoms with Gasteiger partial charge in [0.2, 0.25) is 0 Å². The van der Waals surface area contributed by atoms with Crippen molar-refractivity contribution >= 4 is 11.6 Å². The average molecular weight is 221 g/mol. The van der Waals surface area contributed by atoms with Crippen LogP contribution < -0.4 is 11.1 Å². The Kier molecular flexibility index (Phi) is 2.28. The van der Waals surface area contributed by atoms with E-state index in [1.807, 2.05) is 6.92 Å². The molecule has 4 heterocycles. The predicted molar refractivity (Wildman–Crippen MR) is 64.3 cm³/mol. The Labute approximate surface area is 95.4 Å². The van der Waals surface area contributed by atoms with Gasteiger partial charge >= 0.3 is 0 Å². The van der Waals surface area contributed by atoms with Crippen LogP contribution in [0.1, 0.15) is 18.7 Å². The number of aryl methyl sites for hydroxylation is 1. The Morgan fingerprint density at radius 2 is 2.19 bits per heavy atom. The number of nitrogen functional groups attached to an aromatic ring is 1. The van der Waals surface area contributed by atoms with Gasteiger partial charge in [0.25, 0.3) is 0 Å². The lowest BCUT2D eigenvalue weighted by Gasteiger charge is -2.45. The topological polar surface area (TPSA) is 70.0 Å². The van der Waals surface area contributed by atoms with Crippen molar-refractivity contribution in [3.05, 3.63) is 5.82 Å². The van der Waals surface area contributed by atoms with Gasteiger partial charge in [-0.3, -0.25) is 0 Å². The van der Waals surface area contributed by atoms with Crippen LogP contribution in [0, 0.1) is 12.8 Å². The third-order valence-corrected chi connectivity index (χ3v) is 3.83. The summed E-state index contributed by atoms with van der Waals surface area (Å²) >= 11 is 0. The molecular weight excluding hydrogens is 202 g/mol. The number of fused-ring (bicyclic) bond motifs is 3. The minimum absolute atomic E-state index is 0.521. The molecule has 2 bridgehead atoms. The first-order chi connectivity index (χ1) is 7.72. The lowest BCUT2D eigenvalue weighted by atomic mass is 9.84. The number of nitrogens with two attached hydrogens (primary N) is 1. The van der Waals surface area contributed by atoms with E-state index in [2.05, 4.69) is 20.2 Å². The highest BCUT2D eigenvalue weighted by molar-refractivity contribution is 5.57. The molecule has 1 unspecified atom stereocenters. The maximum absolute atomic E-state index is 5.86. The maximum atomic E-state index is 5.86. The third kappa shape index (κ3) is 1.65. The molecule has 0 radical (unpaired) electrons. The van der Waals surface area contributed by atoms with Crippen LogP contribution in [0.2, 0.25) is 0 Å². The van der Waals surface area contributed by atoms with Gasteiger partial charge in [0.1, 0.15) is 11.6 Å². The number of aromatic amines is 1. The average Bonchev–Trinajstić information content (AvgIpc) is 2.59. The molecule has 0 aromatic carbocycles. The van der Waals surface area contributed by atoms with Crippen molar-refractivity contribution in [2.24, 2.45) is 5.92 Å². The summed E-state index contributed by atoms with van der Waals surface area (Å²) in [5.74, 6) is 3.16. The monoisotopic (exact) mass is 221 g/mol. The number of piperidine rings is 3. The zero-order chi connectivity index (χ0) is 11.1. The van der Waals surface area contributed by atoms with E-state index in [1.165, 1.54) is 25.9 Å². The van der Waals surface area contributed by atoms with Gasteiger partial charge in [-0.25, -0.2) is 4.98 Å². The first-order valence-electron chi connectivity index (χ1n) is 6.03. The largest absolute Gasteiger partial charge is 0.382 e. The smallest absolute Gasteiger partial charge is 0.169 e. The second-order valence-corrected chi connectivity index (χ2v) is 4.97. The number of hydrogen-bond donors (Lipinski definition) is 3. The minimum atomic E-state index is 0.521. The molecule has 88 valence electrons. The molecule has 3 aliphatic rings. The van der Waals surface area contributed by atoms with E-state index in [4.69, 9.17) is 5.73 Å². The molecule has 3 aliphatic heterocycles. The molecule has 0 aliphatic carbocycles. The molecule has 3 fully saturated rings. The second kappa shape index (κ2) is 3.66. The van der Waals surface area contributed by atoms with E-state index < -0.39 is 0 Å². The van der Waals surface area contributed by atoms with Gasteiger partial charge in [-0.05, 0) is 38.8 Å². The van der Waals surface area contributed by atoms with E-state index in [9.17, 15) is 0 Å². The van der Waals surface area contributed by atoms with Crippen molar-refractivity contribution in [1.82, 2.24) is 14.9 Å². The van der Waals surface area contributed by atoms with E-state index in [-0.39, 0.29) is 0 Å². The molecule has 0 saturated carbocycles. The molecule has 16 heavy (non-hydrogen) atoms. The van der Waals surface area contributed by atoms with Gasteiger partial charge < -0.3 is 20.9 Å². The van der Waals surface area contributed by atoms with Gasteiger partial charge in [-0.15, -0.1) is 0 Å². The van der Waals surface area contributed by atoms with E-state index >= 15 is 0 Å². The summed E-state index contributed by atoms with van der Waals surface area (Å²) in [6.45, 7) is 5.59. The van der Waals surface area contributed by atoms with Crippen molar-refractivity contribution < 1.29 is 0 Å². The van der Waals surface area contributed by atoms with Gasteiger partial charge in [-0.2, -0.15) is 0 Å². The molecule has 4 N–H and O–H groups in total. The van der Waals surface area contributed by atoms with Crippen molar-refractivity contribution in [3.63, 3.8) is 0 Å². The predicted octanol–water partition coefficient (Wildman–Crippen LogP) is 0.806. The zero-order valence-corrected chi connectivity index (χ0v) is 9.66. The fourth-order valence-electron chi connectivity index (χ4n) is 2.92. The Balaban J connectivity index is 1.73. The number of nitrogens with one attached hydrogen (secondary N) is 2. The molecule has 5 heteroatoms. The highest BCUT2D eigenvalue weighted by atomic mass is 15.2. The maximum Gasteiger partial charge on any atom is 0.169 e. The molecule has 1 aromatic rings. The second-order valence-electron chi connectivity index (χ2n) is 4.97. The highest BCUT2D eigenvalue weighted by Crippen LogP contribution is 2.30. The van der Waals surface area contributed by atoms with E-state index in [0.717, 1.165) is 24.1 Å². The number of rotatable bonds is 2. The Bertz CT molecular complexity index is 378. The first kappa shape index (κ1) is 9.96. The molecule has 3 saturated heterocycles. The van der Waals surface area contributed by atoms with Crippen LogP contribution in [0.5, 0.6) is 0 Å². The molecule has 4 rings (SSSR count). The van der Waals surface area contributed by atoms with Crippen LogP contribution in [-0.4, -0.2) is 40.5 Å². The lowest BCUT2D eigenvalue weighted by Crippen LogP contribution is -2.53. The number of anilines is 2. The molecule has 0 spiro atoms. The van der Waals surface area contributed by atoms with Crippen LogP contribution in [0.15, 0.2) is 0 Å². The van der Waals surface area contributed by atoms with Gasteiger partial charge in [0.15, 0.2) is 5.82 Å². The van der Waals surface area contributed by atoms with Crippen LogP contribution in [0.3, 0.4) is 0 Å². The number of nitrogens with zero attached hydrogens (tertiary/aromatic N) is 2. The Morgan fingerprint density at radius 3 is 2.69 bits per heavy atom. The number of aromatic nitrogens is 2. The van der Waals surface area contributed by atoms with Crippen molar-refractivity contribution in [2.75, 3.05) is 30.7 Å². The van der Waals surface area contributed by atoms with Crippen LogP contribution in [0.4, 0.5) is 11.6 Å². The van der Waals surface area contributed by atoms with E-state index in [1.54, 1.807) is 0 Å². The fraction of sp³-hybridized carbons (Fsp3) is 0.727. The summed E-state index contributed by atoms with van der Waals surface area (Å²) in [5.41, 5.74) is 5.86. The molecule has 5 nitrogen and oxygen atoms in total. The molecule has 1 aromatic heterocycles. The van der Waals surface area contributed by atoms with Crippen LogP contribution >= 0.6 is 0 Å². The Morgan fingerprint density at radius 1 is 1.44 bits per heavy atom. The summed E-state index contributed by atoms with van der Waals surface area (Å²) in [7, 11) is 0. The lowest BCUT2D eigenvalue weighted by molar-refractivity contribution is 0.0974. The minimum Gasteiger partial charge on any atom is -0.382 e. The van der Waals surface area contributed by atoms with Crippen molar-refractivity contribution in [2.45, 2.75) is 25.8 Å². The number of hydrogen-bond acceptors (Lipinski definition) is 4. The van der Waals surface area contributed by atoms with Crippen LogP contribution in [0.25, 0.3) is 0 Å². The van der Waals surface area contributed by atoms with Crippen molar-refractivity contribution in [1.29, 1.82) is 0 Å². The SMILES string of the molecule is Cc1nc(NC2CN3CCC2CC3)c(N)[nH]1. The summed E-state index contributed by atoms with van der Waals surface area (Å²) in [6, 6.07) is 0.521. The van der Waals surface area contributed by atoms with Gasteiger partial charge in [0.05, 0.1) is 0 Å². The normalized spacial score (nSPS) is 32.9. The summed E-state index contributed by atoms with van der Waals surface area (Å²) in [4.78, 5) is 9.93.